The third-order valence-electron chi connectivity index (χ3n) is 3.70. The predicted molar refractivity (Wildman–Crippen MR) is 98.1 cm³/mol. The molecule has 0 aliphatic carbocycles. The molecule has 3 rings (SSSR count). The number of rotatable bonds is 4. The van der Waals surface area contributed by atoms with Crippen LogP contribution in [0.25, 0.3) is 0 Å². The van der Waals surface area contributed by atoms with Crippen LogP contribution in [0, 0.1) is 13.8 Å². The molecule has 0 atom stereocenters. The van der Waals surface area contributed by atoms with Gasteiger partial charge in [0.25, 0.3) is 11.8 Å². The Bertz CT molecular complexity index is 897. The van der Waals surface area contributed by atoms with Crippen LogP contribution in [-0.4, -0.2) is 26.8 Å². The second kappa shape index (κ2) is 7.52. The summed E-state index contributed by atoms with van der Waals surface area (Å²) in [5.41, 5.74) is 1.92. The maximum atomic E-state index is 12.4. The smallest absolute Gasteiger partial charge is 0.275 e. The van der Waals surface area contributed by atoms with Crippen LogP contribution < -0.4 is 10.6 Å². The number of carbonyl (C=O) groups excluding carboxylic acids is 2. The van der Waals surface area contributed by atoms with Crippen LogP contribution in [0.3, 0.4) is 0 Å². The number of nitrogens with one attached hydrogen (secondary N) is 2. The molecule has 0 aliphatic heterocycles. The first-order chi connectivity index (χ1) is 12.5. The minimum Gasteiger partial charge on any atom is -0.305 e. The van der Waals surface area contributed by atoms with Gasteiger partial charge >= 0.3 is 0 Å². The molecule has 7 heteroatoms. The number of hydrogen-bond donors (Lipinski definition) is 2. The zero-order valence-electron chi connectivity index (χ0n) is 14.4. The van der Waals surface area contributed by atoms with Gasteiger partial charge in [0, 0.05) is 12.4 Å². The summed E-state index contributed by atoms with van der Waals surface area (Å²) in [4.78, 5) is 37.2. The van der Waals surface area contributed by atoms with E-state index in [2.05, 4.69) is 25.6 Å². The molecule has 0 aromatic carbocycles. The molecule has 3 heterocycles. The molecule has 2 amide bonds. The molecular formula is C19H17N5O2. The largest absolute Gasteiger partial charge is 0.305 e. The van der Waals surface area contributed by atoms with Gasteiger partial charge in [-0.05, 0) is 49.2 Å². The monoisotopic (exact) mass is 347 g/mol. The molecule has 2 N–H and O–H groups in total. The van der Waals surface area contributed by atoms with Crippen molar-refractivity contribution in [3.05, 3.63) is 77.4 Å². The van der Waals surface area contributed by atoms with E-state index in [1.807, 2.05) is 26.0 Å². The Morgan fingerprint density at radius 2 is 1.19 bits per heavy atom. The Kier molecular flexibility index (Phi) is 4.98. The molecule has 0 spiro atoms. The molecule has 0 radical (unpaired) electrons. The first-order valence-electron chi connectivity index (χ1n) is 7.97. The zero-order valence-corrected chi connectivity index (χ0v) is 14.4. The second-order valence-corrected chi connectivity index (χ2v) is 5.65. The van der Waals surface area contributed by atoms with Gasteiger partial charge in [0.2, 0.25) is 0 Å². The maximum Gasteiger partial charge on any atom is 0.275 e. The minimum atomic E-state index is -0.435. The van der Waals surface area contributed by atoms with Gasteiger partial charge in [0.1, 0.15) is 23.0 Å². The van der Waals surface area contributed by atoms with Gasteiger partial charge in [-0.2, -0.15) is 0 Å². The van der Waals surface area contributed by atoms with Crippen molar-refractivity contribution >= 4 is 23.5 Å². The molecule has 26 heavy (non-hydrogen) atoms. The lowest BCUT2D eigenvalue weighted by Crippen LogP contribution is -2.19. The van der Waals surface area contributed by atoms with E-state index in [0.29, 0.717) is 11.6 Å². The van der Waals surface area contributed by atoms with Crippen molar-refractivity contribution in [2.75, 3.05) is 10.6 Å². The highest BCUT2D eigenvalue weighted by Crippen LogP contribution is 2.13. The molecule has 0 saturated heterocycles. The predicted octanol–water partition coefficient (Wildman–Crippen LogP) is 2.99. The van der Waals surface area contributed by atoms with E-state index in [4.69, 9.17) is 0 Å². The highest BCUT2D eigenvalue weighted by molar-refractivity contribution is 6.06. The van der Waals surface area contributed by atoms with Crippen LogP contribution in [0.4, 0.5) is 11.6 Å². The van der Waals surface area contributed by atoms with Crippen LogP contribution in [0.1, 0.15) is 32.1 Å². The highest BCUT2D eigenvalue weighted by Gasteiger charge is 2.14. The lowest BCUT2D eigenvalue weighted by molar-refractivity contribution is 0.101. The molecule has 0 saturated carbocycles. The van der Waals surface area contributed by atoms with Crippen molar-refractivity contribution in [1.29, 1.82) is 0 Å². The molecule has 7 nitrogen and oxygen atoms in total. The van der Waals surface area contributed by atoms with Crippen LogP contribution in [0.5, 0.6) is 0 Å². The Morgan fingerprint density at radius 1 is 0.731 bits per heavy atom. The summed E-state index contributed by atoms with van der Waals surface area (Å²) in [6.45, 7) is 3.68. The fraction of sp³-hybridized carbons (Fsp3) is 0.105. The summed E-state index contributed by atoms with van der Waals surface area (Å²) in [6.07, 6.45) is 3.18. The molecule has 130 valence electrons. The van der Waals surface area contributed by atoms with E-state index in [9.17, 15) is 9.59 Å². The normalized spacial score (nSPS) is 10.2. The molecular weight excluding hydrogens is 330 g/mol. The number of carbonyl (C=O) groups is 2. The topological polar surface area (TPSA) is 96.9 Å². The summed E-state index contributed by atoms with van der Waals surface area (Å²) >= 11 is 0. The van der Waals surface area contributed by atoms with E-state index in [0.717, 1.165) is 11.1 Å². The van der Waals surface area contributed by atoms with E-state index >= 15 is 0 Å². The highest BCUT2D eigenvalue weighted by atomic mass is 16.2. The van der Waals surface area contributed by atoms with Gasteiger partial charge in [-0.15, -0.1) is 0 Å². The summed E-state index contributed by atoms with van der Waals surface area (Å²) in [5, 5.41) is 5.39. The number of pyridine rings is 3. The summed E-state index contributed by atoms with van der Waals surface area (Å²) < 4.78 is 0. The van der Waals surface area contributed by atoms with Gasteiger partial charge in [0.15, 0.2) is 0 Å². The van der Waals surface area contributed by atoms with Crippen molar-refractivity contribution in [2.45, 2.75) is 13.8 Å². The lowest BCUT2D eigenvalue weighted by atomic mass is 10.2. The molecule has 0 fully saturated rings. The van der Waals surface area contributed by atoms with Gasteiger partial charge in [0.05, 0.1) is 0 Å². The Labute approximate surface area is 150 Å². The fourth-order valence-corrected chi connectivity index (χ4v) is 2.26. The van der Waals surface area contributed by atoms with E-state index in [1.165, 1.54) is 12.1 Å². The zero-order chi connectivity index (χ0) is 18.5. The number of anilines is 2. The van der Waals surface area contributed by atoms with E-state index in [-0.39, 0.29) is 11.4 Å². The average molecular weight is 347 g/mol. The molecule has 0 unspecified atom stereocenters. The van der Waals surface area contributed by atoms with Gasteiger partial charge in [-0.25, -0.2) is 15.0 Å². The number of aromatic nitrogens is 3. The molecule has 0 aliphatic rings. The Balaban J connectivity index is 1.77. The number of hydrogen-bond acceptors (Lipinski definition) is 5. The van der Waals surface area contributed by atoms with Crippen molar-refractivity contribution in [1.82, 2.24) is 15.0 Å². The third kappa shape index (κ3) is 3.89. The average Bonchev–Trinajstić information content (AvgIpc) is 2.65. The van der Waals surface area contributed by atoms with E-state index in [1.54, 1.807) is 30.6 Å². The Morgan fingerprint density at radius 3 is 1.62 bits per heavy atom. The van der Waals surface area contributed by atoms with Gasteiger partial charge in [-0.1, -0.05) is 18.2 Å². The third-order valence-corrected chi connectivity index (χ3v) is 3.70. The Hall–Kier alpha value is -3.61. The maximum absolute atomic E-state index is 12.4. The van der Waals surface area contributed by atoms with Crippen molar-refractivity contribution in [3.8, 4) is 0 Å². The van der Waals surface area contributed by atoms with Crippen molar-refractivity contribution in [2.24, 2.45) is 0 Å². The number of nitrogens with zero attached hydrogens (tertiary/aromatic N) is 3. The SMILES string of the molecule is Cc1cccnc1NC(=O)c1cccc(C(=O)Nc2ncccc2C)n1. The van der Waals surface area contributed by atoms with Crippen LogP contribution in [0.15, 0.2) is 54.9 Å². The van der Waals surface area contributed by atoms with Gasteiger partial charge in [-0.3, -0.25) is 9.59 Å². The lowest BCUT2D eigenvalue weighted by Gasteiger charge is -2.08. The minimum absolute atomic E-state index is 0.125. The first-order valence-corrected chi connectivity index (χ1v) is 7.97. The fourth-order valence-electron chi connectivity index (χ4n) is 2.26. The standard InChI is InChI=1S/C19H17N5O2/c1-12-6-4-10-20-16(12)23-18(25)14-8-3-9-15(22-14)19(26)24-17-13(2)7-5-11-21-17/h3-11H,1-2H3,(H,20,23,25)(H,21,24,26). The van der Waals surface area contributed by atoms with Crippen molar-refractivity contribution in [3.63, 3.8) is 0 Å². The van der Waals surface area contributed by atoms with Crippen LogP contribution in [-0.2, 0) is 0 Å². The summed E-state index contributed by atoms with van der Waals surface area (Å²) in [5.74, 6) is 0.0439. The second-order valence-electron chi connectivity index (χ2n) is 5.65. The molecule has 3 aromatic rings. The first kappa shape index (κ1) is 17.2. The molecule has 3 aromatic heterocycles. The summed E-state index contributed by atoms with van der Waals surface area (Å²) in [7, 11) is 0. The van der Waals surface area contributed by atoms with Gasteiger partial charge < -0.3 is 10.6 Å². The van der Waals surface area contributed by atoms with Crippen LogP contribution >= 0.6 is 0 Å². The number of amides is 2. The molecule has 0 bridgehead atoms. The summed E-state index contributed by atoms with van der Waals surface area (Å²) in [6, 6.07) is 11.9. The van der Waals surface area contributed by atoms with E-state index < -0.39 is 11.8 Å². The van der Waals surface area contributed by atoms with Crippen LogP contribution in [0.2, 0.25) is 0 Å². The van der Waals surface area contributed by atoms with Crippen molar-refractivity contribution < 1.29 is 9.59 Å². The quantitative estimate of drug-likeness (QED) is 0.756. The number of aryl methyl sites for hydroxylation is 2.